The van der Waals surface area contributed by atoms with Gasteiger partial charge in [-0.05, 0) is 73.1 Å². The SMILES string of the molecule is Cc1ccc(N=C2NC(=O)/C(=C/c3ccc(OCc4ccc(Br)cc4Br)cc3)S2)c(C)c1. The molecule has 1 amide bonds. The molecule has 1 aliphatic rings. The van der Waals surface area contributed by atoms with E-state index in [9.17, 15) is 4.79 Å². The smallest absolute Gasteiger partial charge is 0.264 e. The van der Waals surface area contributed by atoms with Gasteiger partial charge in [-0.15, -0.1) is 0 Å². The van der Waals surface area contributed by atoms with Crippen LogP contribution in [0.3, 0.4) is 0 Å². The summed E-state index contributed by atoms with van der Waals surface area (Å²) in [5.74, 6) is 0.626. The van der Waals surface area contributed by atoms with E-state index in [0.29, 0.717) is 16.7 Å². The van der Waals surface area contributed by atoms with Gasteiger partial charge in [0.2, 0.25) is 0 Å². The highest BCUT2D eigenvalue weighted by molar-refractivity contribution is 9.11. The minimum Gasteiger partial charge on any atom is -0.489 e. The van der Waals surface area contributed by atoms with Gasteiger partial charge in [0, 0.05) is 14.5 Å². The predicted octanol–water partition coefficient (Wildman–Crippen LogP) is 7.30. The van der Waals surface area contributed by atoms with Crippen molar-refractivity contribution in [3.05, 3.63) is 96.8 Å². The van der Waals surface area contributed by atoms with Gasteiger partial charge in [-0.2, -0.15) is 0 Å². The third kappa shape index (κ3) is 5.71. The van der Waals surface area contributed by atoms with E-state index in [-0.39, 0.29) is 5.91 Å². The van der Waals surface area contributed by atoms with Crippen LogP contribution in [0.4, 0.5) is 5.69 Å². The summed E-state index contributed by atoms with van der Waals surface area (Å²) in [6.45, 7) is 4.53. The number of halogens is 2. The summed E-state index contributed by atoms with van der Waals surface area (Å²) in [5.41, 5.74) is 5.11. The number of amides is 1. The Balaban J connectivity index is 1.42. The fraction of sp³-hybridized carbons (Fsp3) is 0.120. The van der Waals surface area contributed by atoms with Crippen LogP contribution in [0.1, 0.15) is 22.3 Å². The highest BCUT2D eigenvalue weighted by atomic mass is 79.9. The average Bonchev–Trinajstić information content (AvgIpc) is 3.09. The lowest BCUT2D eigenvalue weighted by molar-refractivity contribution is -0.115. The summed E-state index contributed by atoms with van der Waals surface area (Å²) >= 11 is 8.35. The van der Waals surface area contributed by atoms with Crippen molar-refractivity contribution >= 4 is 66.5 Å². The number of carbonyl (C=O) groups is 1. The Labute approximate surface area is 208 Å². The second-order valence-electron chi connectivity index (χ2n) is 7.37. The van der Waals surface area contributed by atoms with Gasteiger partial charge in [-0.3, -0.25) is 4.79 Å². The van der Waals surface area contributed by atoms with Gasteiger partial charge >= 0.3 is 0 Å². The van der Waals surface area contributed by atoms with E-state index in [0.717, 1.165) is 37.1 Å². The molecule has 0 radical (unpaired) electrons. The zero-order valence-corrected chi connectivity index (χ0v) is 21.5. The van der Waals surface area contributed by atoms with E-state index in [1.54, 1.807) is 0 Å². The summed E-state index contributed by atoms with van der Waals surface area (Å²) < 4.78 is 7.90. The van der Waals surface area contributed by atoms with Crippen molar-refractivity contribution in [3.8, 4) is 5.75 Å². The number of carbonyl (C=O) groups excluding carboxylic acids is 1. The standard InChI is InChI=1S/C25H20Br2N2O2S/c1-15-3-10-22(16(2)11-15)28-25-29-24(30)23(32-25)12-17-4-8-20(9-5-17)31-14-18-6-7-19(26)13-21(18)27/h3-13H,14H2,1-2H3,(H,28,29,30)/b23-12-. The van der Waals surface area contributed by atoms with E-state index < -0.39 is 0 Å². The molecule has 3 aromatic rings. The lowest BCUT2D eigenvalue weighted by Crippen LogP contribution is -2.19. The van der Waals surface area contributed by atoms with Crippen LogP contribution in [0.25, 0.3) is 6.08 Å². The molecule has 0 unspecified atom stereocenters. The maximum absolute atomic E-state index is 12.4. The number of nitrogens with zero attached hydrogens (tertiary/aromatic N) is 1. The van der Waals surface area contributed by atoms with Gasteiger partial charge in [0.1, 0.15) is 12.4 Å². The minimum absolute atomic E-state index is 0.140. The average molecular weight is 572 g/mol. The fourth-order valence-electron chi connectivity index (χ4n) is 3.13. The van der Waals surface area contributed by atoms with E-state index in [2.05, 4.69) is 48.2 Å². The van der Waals surface area contributed by atoms with Gasteiger partial charge in [0.25, 0.3) is 5.91 Å². The van der Waals surface area contributed by atoms with Crippen molar-refractivity contribution < 1.29 is 9.53 Å². The highest BCUT2D eigenvalue weighted by Crippen LogP contribution is 2.30. The van der Waals surface area contributed by atoms with E-state index in [1.807, 2.05) is 74.5 Å². The molecule has 0 saturated carbocycles. The largest absolute Gasteiger partial charge is 0.489 e. The first-order valence-corrected chi connectivity index (χ1v) is 12.3. The molecule has 0 aliphatic carbocycles. The number of aryl methyl sites for hydroxylation is 2. The summed E-state index contributed by atoms with van der Waals surface area (Å²) in [6.07, 6.45) is 1.86. The number of hydrogen-bond donors (Lipinski definition) is 1. The Morgan fingerprint density at radius 1 is 1.03 bits per heavy atom. The van der Waals surface area contributed by atoms with Crippen molar-refractivity contribution in [3.63, 3.8) is 0 Å². The lowest BCUT2D eigenvalue weighted by Gasteiger charge is -2.08. The number of hydrogen-bond acceptors (Lipinski definition) is 4. The normalized spacial score (nSPS) is 15.9. The molecule has 1 aliphatic heterocycles. The molecule has 32 heavy (non-hydrogen) atoms. The van der Waals surface area contributed by atoms with E-state index >= 15 is 0 Å². The van der Waals surface area contributed by atoms with Crippen molar-refractivity contribution in [2.75, 3.05) is 0 Å². The summed E-state index contributed by atoms with van der Waals surface area (Å²) in [4.78, 5) is 17.6. The Morgan fingerprint density at radius 3 is 2.53 bits per heavy atom. The third-order valence-electron chi connectivity index (χ3n) is 4.81. The highest BCUT2D eigenvalue weighted by Gasteiger charge is 2.24. The first kappa shape index (κ1) is 22.8. The first-order valence-electron chi connectivity index (χ1n) is 9.91. The van der Waals surface area contributed by atoms with Gasteiger partial charge < -0.3 is 10.1 Å². The molecule has 1 heterocycles. The fourth-order valence-corrected chi connectivity index (χ4v) is 5.13. The van der Waals surface area contributed by atoms with Crippen molar-refractivity contribution in [2.45, 2.75) is 20.5 Å². The Hall–Kier alpha value is -2.35. The Morgan fingerprint density at radius 2 is 1.81 bits per heavy atom. The number of aliphatic imine (C=N–C) groups is 1. The molecule has 1 fully saturated rings. The molecular formula is C25H20Br2N2O2S. The zero-order valence-electron chi connectivity index (χ0n) is 17.5. The third-order valence-corrected chi connectivity index (χ3v) is 6.95. The zero-order chi connectivity index (χ0) is 22.7. The summed E-state index contributed by atoms with van der Waals surface area (Å²) in [7, 11) is 0. The van der Waals surface area contributed by atoms with Crippen LogP contribution >= 0.6 is 43.6 Å². The monoisotopic (exact) mass is 570 g/mol. The molecule has 1 saturated heterocycles. The van der Waals surface area contributed by atoms with Gasteiger partial charge in [-0.25, -0.2) is 4.99 Å². The molecule has 162 valence electrons. The molecule has 4 nitrogen and oxygen atoms in total. The number of rotatable bonds is 5. The predicted molar refractivity (Wildman–Crippen MR) is 139 cm³/mol. The molecule has 0 aromatic heterocycles. The van der Waals surface area contributed by atoms with Gasteiger partial charge in [0.05, 0.1) is 10.6 Å². The van der Waals surface area contributed by atoms with Crippen molar-refractivity contribution in [1.29, 1.82) is 0 Å². The number of amidine groups is 1. The molecule has 7 heteroatoms. The minimum atomic E-state index is -0.140. The maximum atomic E-state index is 12.4. The van der Waals surface area contributed by atoms with Crippen LogP contribution in [-0.4, -0.2) is 11.1 Å². The molecule has 0 atom stereocenters. The van der Waals surface area contributed by atoms with Crippen LogP contribution in [0.2, 0.25) is 0 Å². The summed E-state index contributed by atoms with van der Waals surface area (Å²) in [5, 5.41) is 3.44. The van der Waals surface area contributed by atoms with Gasteiger partial charge in [-0.1, -0.05) is 67.8 Å². The number of ether oxygens (including phenoxy) is 1. The first-order chi connectivity index (χ1) is 15.4. The Bertz CT molecular complexity index is 1240. The van der Waals surface area contributed by atoms with Crippen LogP contribution in [-0.2, 0) is 11.4 Å². The van der Waals surface area contributed by atoms with Crippen molar-refractivity contribution in [2.24, 2.45) is 4.99 Å². The molecule has 0 spiro atoms. The van der Waals surface area contributed by atoms with Gasteiger partial charge in [0.15, 0.2) is 5.17 Å². The number of nitrogens with one attached hydrogen (secondary N) is 1. The second-order valence-corrected chi connectivity index (χ2v) is 10.2. The Kier molecular flexibility index (Phi) is 7.18. The van der Waals surface area contributed by atoms with Crippen LogP contribution in [0.15, 0.2) is 79.5 Å². The second kappa shape index (κ2) is 10.1. The van der Waals surface area contributed by atoms with Crippen LogP contribution in [0, 0.1) is 13.8 Å². The number of thioether (sulfide) groups is 1. The van der Waals surface area contributed by atoms with E-state index in [1.165, 1.54) is 17.3 Å². The topological polar surface area (TPSA) is 50.7 Å². The molecular weight excluding hydrogens is 552 g/mol. The number of benzene rings is 3. The van der Waals surface area contributed by atoms with Crippen LogP contribution in [0.5, 0.6) is 5.75 Å². The maximum Gasteiger partial charge on any atom is 0.264 e. The summed E-state index contributed by atoms with van der Waals surface area (Å²) in [6, 6.07) is 19.7. The van der Waals surface area contributed by atoms with Crippen LogP contribution < -0.4 is 10.1 Å². The molecule has 1 N–H and O–H groups in total. The van der Waals surface area contributed by atoms with E-state index in [4.69, 9.17) is 4.74 Å². The lowest BCUT2D eigenvalue weighted by atomic mass is 10.1. The van der Waals surface area contributed by atoms with Crippen molar-refractivity contribution in [1.82, 2.24) is 5.32 Å². The quantitative estimate of drug-likeness (QED) is 0.327. The molecule has 0 bridgehead atoms. The molecule has 3 aromatic carbocycles. The molecule has 4 rings (SSSR count).